The summed E-state index contributed by atoms with van der Waals surface area (Å²) in [5.41, 5.74) is 1.32. The van der Waals surface area contributed by atoms with E-state index >= 15 is 0 Å². The molecule has 0 aliphatic carbocycles. The molecule has 0 aromatic heterocycles. The Bertz CT molecular complexity index is 369. The van der Waals surface area contributed by atoms with Crippen molar-refractivity contribution in [3.05, 3.63) is 24.3 Å². The Kier molecular flexibility index (Phi) is 6.19. The van der Waals surface area contributed by atoms with Gasteiger partial charge in [-0.05, 0) is 37.2 Å². The van der Waals surface area contributed by atoms with Crippen molar-refractivity contribution in [1.82, 2.24) is 4.90 Å². The lowest BCUT2D eigenvalue weighted by molar-refractivity contribution is 0.252. The van der Waals surface area contributed by atoms with Gasteiger partial charge in [0.05, 0.1) is 7.11 Å². The molecule has 0 saturated carbocycles. The quantitative estimate of drug-likeness (QED) is 0.710. The van der Waals surface area contributed by atoms with Crippen LogP contribution >= 0.6 is 0 Å². The van der Waals surface area contributed by atoms with Crippen LogP contribution < -0.4 is 9.64 Å². The number of rotatable bonds is 7. The van der Waals surface area contributed by atoms with E-state index in [0.717, 1.165) is 18.8 Å². The molecule has 1 aromatic rings. The van der Waals surface area contributed by atoms with Crippen molar-refractivity contribution in [2.75, 3.05) is 44.7 Å². The molecule has 1 aliphatic heterocycles. The summed E-state index contributed by atoms with van der Waals surface area (Å²) < 4.78 is 5.21. The minimum Gasteiger partial charge on any atom is -0.497 e. The van der Waals surface area contributed by atoms with E-state index in [-0.39, 0.29) is 0 Å². The fourth-order valence-electron chi connectivity index (χ4n) is 2.78. The van der Waals surface area contributed by atoms with Gasteiger partial charge in [-0.3, -0.25) is 4.90 Å². The summed E-state index contributed by atoms with van der Waals surface area (Å²) in [6.07, 6.45) is 5.45. The van der Waals surface area contributed by atoms with Crippen molar-refractivity contribution in [2.45, 2.75) is 32.6 Å². The molecule has 1 saturated heterocycles. The lowest BCUT2D eigenvalue weighted by atomic mass is 10.2. The van der Waals surface area contributed by atoms with E-state index in [0.29, 0.717) is 0 Å². The number of unbranched alkanes of at least 4 members (excludes halogenated alkanes) is 3. The number of benzene rings is 1. The average Bonchev–Trinajstić information content (AvgIpc) is 2.52. The van der Waals surface area contributed by atoms with Gasteiger partial charge in [0.15, 0.2) is 0 Å². The monoisotopic (exact) mass is 276 g/mol. The summed E-state index contributed by atoms with van der Waals surface area (Å²) >= 11 is 0. The van der Waals surface area contributed by atoms with Gasteiger partial charge in [-0.2, -0.15) is 0 Å². The van der Waals surface area contributed by atoms with Gasteiger partial charge < -0.3 is 9.64 Å². The van der Waals surface area contributed by atoms with Crippen molar-refractivity contribution in [1.29, 1.82) is 0 Å². The van der Waals surface area contributed by atoms with Gasteiger partial charge in [0.1, 0.15) is 5.75 Å². The van der Waals surface area contributed by atoms with Crippen LogP contribution in [-0.4, -0.2) is 44.7 Å². The topological polar surface area (TPSA) is 15.7 Å². The highest BCUT2D eigenvalue weighted by Gasteiger charge is 2.16. The maximum Gasteiger partial charge on any atom is 0.119 e. The zero-order chi connectivity index (χ0) is 14.2. The van der Waals surface area contributed by atoms with Crippen LogP contribution in [0.25, 0.3) is 0 Å². The smallest absolute Gasteiger partial charge is 0.119 e. The standard InChI is InChI=1S/C17H28N2O/c1-3-4-5-6-11-18-12-14-19(15-13-18)16-7-9-17(20-2)10-8-16/h7-10H,3-6,11-15H2,1-2H3. The van der Waals surface area contributed by atoms with Crippen molar-refractivity contribution in [3.63, 3.8) is 0 Å². The van der Waals surface area contributed by atoms with E-state index in [2.05, 4.69) is 28.9 Å². The summed E-state index contributed by atoms with van der Waals surface area (Å²) in [4.78, 5) is 5.08. The zero-order valence-electron chi connectivity index (χ0n) is 13.0. The molecule has 1 fully saturated rings. The Morgan fingerprint density at radius 1 is 0.950 bits per heavy atom. The number of anilines is 1. The molecular formula is C17H28N2O. The van der Waals surface area contributed by atoms with Gasteiger partial charge in [0.25, 0.3) is 0 Å². The summed E-state index contributed by atoms with van der Waals surface area (Å²) in [7, 11) is 1.71. The van der Waals surface area contributed by atoms with Crippen LogP contribution in [0.1, 0.15) is 32.6 Å². The maximum atomic E-state index is 5.21. The molecule has 0 atom stereocenters. The van der Waals surface area contributed by atoms with Crippen LogP contribution in [0.15, 0.2) is 24.3 Å². The molecule has 0 N–H and O–H groups in total. The highest BCUT2D eigenvalue weighted by atomic mass is 16.5. The molecule has 0 spiro atoms. The number of methoxy groups -OCH3 is 1. The lowest BCUT2D eigenvalue weighted by Crippen LogP contribution is -2.46. The van der Waals surface area contributed by atoms with Gasteiger partial charge in [-0.15, -0.1) is 0 Å². The van der Waals surface area contributed by atoms with Gasteiger partial charge in [-0.25, -0.2) is 0 Å². The molecule has 0 radical (unpaired) electrons. The fourth-order valence-corrected chi connectivity index (χ4v) is 2.78. The molecule has 2 rings (SSSR count). The van der Waals surface area contributed by atoms with Crippen LogP contribution in [0.2, 0.25) is 0 Å². The Balaban J connectivity index is 1.73. The lowest BCUT2D eigenvalue weighted by Gasteiger charge is -2.36. The Morgan fingerprint density at radius 2 is 1.65 bits per heavy atom. The Morgan fingerprint density at radius 3 is 2.25 bits per heavy atom. The first-order valence-electron chi connectivity index (χ1n) is 7.95. The Hall–Kier alpha value is -1.22. The number of piperazine rings is 1. The van der Waals surface area contributed by atoms with Crippen molar-refractivity contribution >= 4 is 5.69 Å². The summed E-state index contributed by atoms with van der Waals surface area (Å²) in [5, 5.41) is 0. The highest BCUT2D eigenvalue weighted by Crippen LogP contribution is 2.20. The van der Waals surface area contributed by atoms with E-state index in [4.69, 9.17) is 4.74 Å². The third-order valence-electron chi connectivity index (χ3n) is 4.14. The number of nitrogens with zero attached hydrogens (tertiary/aromatic N) is 2. The third kappa shape index (κ3) is 4.41. The Labute approximate surface area is 123 Å². The third-order valence-corrected chi connectivity index (χ3v) is 4.14. The van der Waals surface area contributed by atoms with Gasteiger partial charge in [0, 0.05) is 31.9 Å². The molecule has 0 amide bonds. The van der Waals surface area contributed by atoms with Crippen molar-refractivity contribution in [3.8, 4) is 5.75 Å². The van der Waals surface area contributed by atoms with Gasteiger partial charge in [-0.1, -0.05) is 26.2 Å². The second kappa shape index (κ2) is 8.15. The van der Waals surface area contributed by atoms with Crippen LogP contribution in [0.5, 0.6) is 5.75 Å². The van der Waals surface area contributed by atoms with Crippen molar-refractivity contribution in [2.24, 2.45) is 0 Å². The SMILES string of the molecule is CCCCCCN1CCN(c2ccc(OC)cc2)CC1. The molecule has 0 unspecified atom stereocenters. The summed E-state index contributed by atoms with van der Waals surface area (Å²) in [6, 6.07) is 8.42. The average molecular weight is 276 g/mol. The minimum absolute atomic E-state index is 0.934. The zero-order valence-corrected chi connectivity index (χ0v) is 13.0. The number of hydrogen-bond donors (Lipinski definition) is 0. The molecule has 3 heteroatoms. The van der Waals surface area contributed by atoms with Gasteiger partial charge in [0.2, 0.25) is 0 Å². The second-order valence-electron chi connectivity index (χ2n) is 5.59. The fraction of sp³-hybridized carbons (Fsp3) is 0.647. The largest absolute Gasteiger partial charge is 0.497 e. The van der Waals surface area contributed by atoms with E-state index in [1.54, 1.807) is 7.11 Å². The maximum absolute atomic E-state index is 5.21. The van der Waals surface area contributed by atoms with E-state index in [1.165, 1.54) is 51.0 Å². The van der Waals surface area contributed by atoms with E-state index < -0.39 is 0 Å². The summed E-state index contributed by atoms with van der Waals surface area (Å²) in [5.74, 6) is 0.934. The molecule has 112 valence electrons. The number of hydrogen-bond acceptors (Lipinski definition) is 3. The first-order valence-corrected chi connectivity index (χ1v) is 7.95. The number of ether oxygens (including phenoxy) is 1. The van der Waals surface area contributed by atoms with Gasteiger partial charge >= 0.3 is 0 Å². The van der Waals surface area contributed by atoms with Crippen LogP contribution in [0.3, 0.4) is 0 Å². The van der Waals surface area contributed by atoms with Crippen LogP contribution in [0, 0.1) is 0 Å². The molecular weight excluding hydrogens is 248 g/mol. The molecule has 1 aromatic carbocycles. The highest BCUT2D eigenvalue weighted by molar-refractivity contribution is 5.49. The molecule has 0 bridgehead atoms. The summed E-state index contributed by atoms with van der Waals surface area (Å²) in [6.45, 7) is 8.21. The van der Waals surface area contributed by atoms with Crippen LogP contribution in [0.4, 0.5) is 5.69 Å². The van der Waals surface area contributed by atoms with E-state index in [1.807, 2.05) is 12.1 Å². The van der Waals surface area contributed by atoms with Crippen molar-refractivity contribution < 1.29 is 4.74 Å². The normalized spacial score (nSPS) is 16.4. The first kappa shape index (κ1) is 15.2. The predicted molar refractivity (Wildman–Crippen MR) is 85.8 cm³/mol. The molecule has 1 heterocycles. The second-order valence-corrected chi connectivity index (χ2v) is 5.59. The van der Waals surface area contributed by atoms with Crippen LogP contribution in [-0.2, 0) is 0 Å². The first-order chi connectivity index (χ1) is 9.83. The molecule has 20 heavy (non-hydrogen) atoms. The van der Waals surface area contributed by atoms with E-state index in [9.17, 15) is 0 Å². The molecule has 3 nitrogen and oxygen atoms in total. The minimum atomic E-state index is 0.934. The molecule has 1 aliphatic rings. The predicted octanol–water partition coefficient (Wildman–Crippen LogP) is 3.40.